The molecular weight excluding hydrogens is 300 g/mol. The molecule has 0 aliphatic carbocycles. The molecular formula is C15H30N4O2S. The van der Waals surface area contributed by atoms with Gasteiger partial charge in [0.15, 0.2) is 0 Å². The van der Waals surface area contributed by atoms with Crippen LogP contribution in [0.3, 0.4) is 0 Å². The number of carbonyl (C=O) groups is 2. The zero-order chi connectivity index (χ0) is 16.5. The first-order valence-corrected chi connectivity index (χ1v) is 9.47. The molecule has 0 aromatic rings. The van der Waals surface area contributed by atoms with Crippen LogP contribution < -0.4 is 11.1 Å². The van der Waals surface area contributed by atoms with E-state index in [1.165, 1.54) is 0 Å². The summed E-state index contributed by atoms with van der Waals surface area (Å²) >= 11 is 1.66. The summed E-state index contributed by atoms with van der Waals surface area (Å²) in [4.78, 5) is 28.0. The predicted octanol–water partition coefficient (Wildman–Crippen LogP) is 0.967. The largest absolute Gasteiger partial charge is 0.352 e. The van der Waals surface area contributed by atoms with E-state index >= 15 is 0 Å². The number of primary amides is 1. The molecule has 3 N–H and O–H groups in total. The lowest BCUT2D eigenvalue weighted by molar-refractivity contribution is -0.132. The molecule has 0 aromatic heterocycles. The number of amides is 3. The summed E-state index contributed by atoms with van der Waals surface area (Å²) in [6, 6.07) is -1.12. The van der Waals surface area contributed by atoms with E-state index in [-0.39, 0.29) is 5.91 Å². The average Bonchev–Trinajstić information content (AvgIpc) is 2.96. The summed E-state index contributed by atoms with van der Waals surface area (Å²) in [6.45, 7) is 9.01. The molecule has 1 aliphatic rings. The van der Waals surface area contributed by atoms with Crippen LogP contribution in [0.5, 0.6) is 0 Å². The van der Waals surface area contributed by atoms with Gasteiger partial charge in [0.05, 0.1) is 0 Å². The van der Waals surface area contributed by atoms with Crippen molar-refractivity contribution < 1.29 is 9.59 Å². The Balaban J connectivity index is 2.54. The molecule has 2 atom stereocenters. The zero-order valence-electron chi connectivity index (χ0n) is 14.0. The van der Waals surface area contributed by atoms with Gasteiger partial charge in [-0.2, -0.15) is 11.8 Å². The topological polar surface area (TPSA) is 78.7 Å². The quantitative estimate of drug-likeness (QED) is 0.660. The molecule has 0 bridgehead atoms. The van der Waals surface area contributed by atoms with Crippen molar-refractivity contribution in [1.29, 1.82) is 0 Å². The highest BCUT2D eigenvalue weighted by Crippen LogP contribution is 2.19. The molecule has 1 saturated heterocycles. The highest BCUT2D eigenvalue weighted by atomic mass is 32.2. The fourth-order valence-electron chi connectivity index (χ4n) is 2.91. The van der Waals surface area contributed by atoms with Gasteiger partial charge in [-0.3, -0.25) is 4.79 Å². The van der Waals surface area contributed by atoms with Crippen molar-refractivity contribution >= 4 is 23.7 Å². The fraction of sp³-hybridized carbons (Fsp3) is 0.867. The van der Waals surface area contributed by atoms with Crippen molar-refractivity contribution in [3.63, 3.8) is 0 Å². The van der Waals surface area contributed by atoms with Crippen molar-refractivity contribution in [3.8, 4) is 0 Å². The van der Waals surface area contributed by atoms with E-state index < -0.39 is 12.1 Å². The lowest BCUT2D eigenvalue weighted by atomic mass is 10.1. The van der Waals surface area contributed by atoms with Crippen LogP contribution in [0.4, 0.5) is 4.79 Å². The summed E-state index contributed by atoms with van der Waals surface area (Å²) in [6.07, 6.45) is 3.65. The van der Waals surface area contributed by atoms with Gasteiger partial charge in [0.2, 0.25) is 5.91 Å². The molecule has 0 saturated carbocycles. The first-order valence-electron chi connectivity index (χ1n) is 8.07. The third-order valence-electron chi connectivity index (χ3n) is 4.23. The van der Waals surface area contributed by atoms with Crippen LogP contribution in [-0.2, 0) is 4.79 Å². The van der Waals surface area contributed by atoms with Gasteiger partial charge in [-0.1, -0.05) is 13.8 Å². The number of nitrogens with zero attached hydrogens (tertiary/aromatic N) is 2. The lowest BCUT2D eigenvalue weighted by Crippen LogP contribution is -2.50. The molecule has 0 aromatic carbocycles. The Bertz CT molecular complexity index is 363. The number of urea groups is 1. The predicted molar refractivity (Wildman–Crippen MR) is 92.0 cm³/mol. The van der Waals surface area contributed by atoms with Gasteiger partial charge in [-0.25, -0.2) is 4.79 Å². The van der Waals surface area contributed by atoms with Crippen LogP contribution in [0.1, 0.15) is 26.7 Å². The molecule has 0 radical (unpaired) electrons. The van der Waals surface area contributed by atoms with Crippen LogP contribution in [0, 0.1) is 5.92 Å². The highest BCUT2D eigenvalue weighted by Gasteiger charge is 2.31. The fourth-order valence-corrected chi connectivity index (χ4v) is 3.39. The van der Waals surface area contributed by atoms with Gasteiger partial charge in [-0.05, 0) is 43.9 Å². The van der Waals surface area contributed by atoms with Gasteiger partial charge < -0.3 is 20.9 Å². The van der Waals surface area contributed by atoms with E-state index in [0.717, 1.165) is 44.9 Å². The van der Waals surface area contributed by atoms with Crippen molar-refractivity contribution in [1.82, 2.24) is 15.1 Å². The van der Waals surface area contributed by atoms with Gasteiger partial charge in [0.25, 0.3) is 0 Å². The van der Waals surface area contributed by atoms with Crippen molar-refractivity contribution in [2.75, 3.05) is 44.7 Å². The molecule has 1 heterocycles. The molecule has 0 spiro atoms. The van der Waals surface area contributed by atoms with Crippen LogP contribution in [0.15, 0.2) is 0 Å². The number of hydrogen-bond donors (Lipinski definition) is 2. The molecule has 6 nitrogen and oxygen atoms in total. The summed E-state index contributed by atoms with van der Waals surface area (Å²) in [5.74, 6) is 1.36. The minimum absolute atomic E-state index is 0.00916. The maximum atomic E-state index is 12.6. The number of rotatable bonds is 9. The Morgan fingerprint density at radius 1 is 1.41 bits per heavy atom. The molecule has 1 rings (SSSR count). The molecule has 128 valence electrons. The normalized spacial score (nSPS) is 19.5. The Hall–Kier alpha value is -0.950. The third kappa shape index (κ3) is 6.04. The maximum absolute atomic E-state index is 12.6. The van der Waals surface area contributed by atoms with E-state index in [9.17, 15) is 9.59 Å². The Labute approximate surface area is 138 Å². The summed E-state index contributed by atoms with van der Waals surface area (Å²) < 4.78 is 0. The maximum Gasteiger partial charge on any atom is 0.312 e. The second-order valence-corrected chi connectivity index (χ2v) is 6.75. The molecule has 1 unspecified atom stereocenters. The van der Waals surface area contributed by atoms with E-state index in [2.05, 4.69) is 24.1 Å². The second-order valence-electron chi connectivity index (χ2n) is 5.77. The number of carbonyl (C=O) groups excluding carboxylic acids is 2. The number of likely N-dealkylation sites (tertiary alicyclic amines) is 1. The molecule has 7 heteroatoms. The first kappa shape index (κ1) is 19.1. The van der Waals surface area contributed by atoms with E-state index in [1.54, 1.807) is 11.8 Å². The van der Waals surface area contributed by atoms with Crippen molar-refractivity contribution in [3.05, 3.63) is 0 Å². The summed E-state index contributed by atoms with van der Waals surface area (Å²) in [5.41, 5.74) is 5.20. The van der Waals surface area contributed by atoms with E-state index in [4.69, 9.17) is 5.73 Å². The second kappa shape index (κ2) is 9.94. The lowest BCUT2D eigenvalue weighted by Gasteiger charge is -2.25. The van der Waals surface area contributed by atoms with Gasteiger partial charge >= 0.3 is 6.03 Å². The van der Waals surface area contributed by atoms with Crippen LogP contribution >= 0.6 is 11.8 Å². The number of thioether (sulfide) groups is 1. The Kier molecular flexibility index (Phi) is 8.63. The Morgan fingerprint density at radius 3 is 2.64 bits per heavy atom. The monoisotopic (exact) mass is 330 g/mol. The standard InChI is InChI=1S/C15H30N4O2S/c1-4-18(5-2)10-12-6-8-19(11-12)14(20)13(7-9-22-3)17-15(16)21/h12-13H,4-11H2,1-3H3,(H3,16,17,21)/t12?,13-/m0/s1. The minimum atomic E-state index is -0.627. The minimum Gasteiger partial charge on any atom is -0.352 e. The van der Waals surface area contributed by atoms with Crippen LogP contribution in [-0.4, -0.2) is 72.5 Å². The molecule has 1 aliphatic heterocycles. The van der Waals surface area contributed by atoms with Crippen LogP contribution in [0.2, 0.25) is 0 Å². The average molecular weight is 330 g/mol. The summed E-state index contributed by atoms with van der Waals surface area (Å²) in [5, 5.41) is 2.59. The number of nitrogens with two attached hydrogens (primary N) is 1. The van der Waals surface area contributed by atoms with Gasteiger partial charge in [0.1, 0.15) is 6.04 Å². The van der Waals surface area contributed by atoms with Crippen molar-refractivity contribution in [2.45, 2.75) is 32.7 Å². The van der Waals surface area contributed by atoms with Crippen molar-refractivity contribution in [2.24, 2.45) is 11.7 Å². The van der Waals surface area contributed by atoms with E-state index in [1.807, 2.05) is 11.2 Å². The molecule has 1 fully saturated rings. The number of hydrogen-bond acceptors (Lipinski definition) is 4. The highest BCUT2D eigenvalue weighted by molar-refractivity contribution is 7.98. The summed E-state index contributed by atoms with van der Waals surface area (Å²) in [7, 11) is 0. The smallest absolute Gasteiger partial charge is 0.312 e. The SMILES string of the molecule is CCN(CC)CC1CCN(C(=O)[C@H](CCSC)NC(N)=O)C1. The molecule has 3 amide bonds. The van der Waals surface area contributed by atoms with E-state index in [0.29, 0.717) is 12.3 Å². The zero-order valence-corrected chi connectivity index (χ0v) is 14.8. The first-order chi connectivity index (χ1) is 10.5. The van der Waals surface area contributed by atoms with Gasteiger partial charge in [-0.15, -0.1) is 0 Å². The molecule has 22 heavy (non-hydrogen) atoms. The third-order valence-corrected chi connectivity index (χ3v) is 4.88. The van der Waals surface area contributed by atoms with Gasteiger partial charge in [0, 0.05) is 19.6 Å². The Morgan fingerprint density at radius 2 is 2.09 bits per heavy atom. The van der Waals surface area contributed by atoms with Crippen LogP contribution in [0.25, 0.3) is 0 Å². The number of nitrogens with one attached hydrogen (secondary N) is 1.